The monoisotopic (exact) mass is 353 g/mol. The van der Waals surface area contributed by atoms with E-state index in [2.05, 4.69) is 24.4 Å². The van der Waals surface area contributed by atoms with E-state index in [4.69, 9.17) is 10.5 Å². The van der Waals surface area contributed by atoms with Gasteiger partial charge in [0.2, 0.25) is 11.8 Å². The van der Waals surface area contributed by atoms with Crippen LogP contribution in [0.1, 0.15) is 22.8 Å². The van der Waals surface area contributed by atoms with Crippen LogP contribution in [0.2, 0.25) is 0 Å². The van der Waals surface area contributed by atoms with E-state index >= 15 is 0 Å². The Bertz CT molecular complexity index is 783. The Morgan fingerprint density at radius 1 is 1.19 bits per heavy atom. The third-order valence-electron chi connectivity index (χ3n) is 4.35. The standard InChI is InChI=1S/C20H23N3O3/c1-2-14-4-3-5-17(10-14)26-18-11-23(12-18)13-19(24)22-16-8-6-15(7-9-16)20(21)25/h3-10,18H,2,11-13H2,1H3,(H2,21,25)(H,22,24). The van der Waals surface area contributed by atoms with Crippen molar-refractivity contribution in [2.24, 2.45) is 5.73 Å². The third-order valence-corrected chi connectivity index (χ3v) is 4.35. The first kappa shape index (κ1) is 17.9. The number of nitrogens with two attached hydrogens (primary N) is 1. The second-order valence-corrected chi connectivity index (χ2v) is 6.42. The average molecular weight is 353 g/mol. The summed E-state index contributed by atoms with van der Waals surface area (Å²) in [5.41, 5.74) is 7.50. The number of rotatable bonds is 7. The predicted molar refractivity (Wildman–Crippen MR) is 100 cm³/mol. The molecule has 0 unspecified atom stereocenters. The van der Waals surface area contributed by atoms with Crippen molar-refractivity contribution in [3.05, 3.63) is 59.7 Å². The molecule has 2 aromatic rings. The van der Waals surface area contributed by atoms with Crippen molar-refractivity contribution < 1.29 is 14.3 Å². The van der Waals surface area contributed by atoms with Gasteiger partial charge in [-0.15, -0.1) is 0 Å². The molecule has 136 valence electrons. The van der Waals surface area contributed by atoms with Gasteiger partial charge in [-0.1, -0.05) is 19.1 Å². The molecule has 0 radical (unpaired) electrons. The van der Waals surface area contributed by atoms with Gasteiger partial charge in [0, 0.05) is 24.3 Å². The zero-order valence-electron chi connectivity index (χ0n) is 14.8. The number of nitrogens with one attached hydrogen (secondary N) is 1. The molecule has 1 aliphatic rings. The van der Waals surface area contributed by atoms with Crippen LogP contribution in [0.15, 0.2) is 48.5 Å². The van der Waals surface area contributed by atoms with Gasteiger partial charge in [0.15, 0.2) is 0 Å². The lowest BCUT2D eigenvalue weighted by Gasteiger charge is -2.38. The largest absolute Gasteiger partial charge is 0.488 e. The van der Waals surface area contributed by atoms with E-state index in [0.29, 0.717) is 17.8 Å². The van der Waals surface area contributed by atoms with Crippen molar-refractivity contribution in [3.8, 4) is 5.75 Å². The SMILES string of the molecule is CCc1cccc(OC2CN(CC(=O)Nc3ccc(C(N)=O)cc3)C2)c1. The van der Waals surface area contributed by atoms with Crippen molar-refractivity contribution >= 4 is 17.5 Å². The summed E-state index contributed by atoms with van der Waals surface area (Å²) >= 11 is 0. The lowest BCUT2D eigenvalue weighted by Crippen LogP contribution is -2.55. The van der Waals surface area contributed by atoms with Gasteiger partial charge in [0.05, 0.1) is 6.54 Å². The first-order chi connectivity index (χ1) is 12.5. The molecule has 0 aromatic heterocycles. The summed E-state index contributed by atoms with van der Waals surface area (Å²) in [6, 6.07) is 14.6. The summed E-state index contributed by atoms with van der Waals surface area (Å²) in [7, 11) is 0. The minimum absolute atomic E-state index is 0.0942. The second-order valence-electron chi connectivity index (χ2n) is 6.42. The van der Waals surface area contributed by atoms with E-state index < -0.39 is 5.91 Å². The number of carbonyl (C=O) groups excluding carboxylic acids is 2. The highest BCUT2D eigenvalue weighted by Gasteiger charge is 2.29. The van der Waals surface area contributed by atoms with E-state index in [9.17, 15) is 9.59 Å². The van der Waals surface area contributed by atoms with Crippen LogP contribution in [-0.2, 0) is 11.2 Å². The van der Waals surface area contributed by atoms with Crippen LogP contribution in [0.25, 0.3) is 0 Å². The van der Waals surface area contributed by atoms with Crippen molar-refractivity contribution in [2.75, 3.05) is 25.0 Å². The number of benzene rings is 2. The number of aryl methyl sites for hydroxylation is 1. The summed E-state index contributed by atoms with van der Waals surface area (Å²) in [6.07, 6.45) is 1.10. The fraction of sp³-hybridized carbons (Fsp3) is 0.300. The average Bonchev–Trinajstić information content (AvgIpc) is 2.60. The normalized spacial score (nSPS) is 14.5. The van der Waals surface area contributed by atoms with Crippen molar-refractivity contribution in [2.45, 2.75) is 19.4 Å². The predicted octanol–water partition coefficient (Wildman–Crippen LogP) is 2.05. The fourth-order valence-corrected chi connectivity index (χ4v) is 2.88. The maximum atomic E-state index is 12.1. The topological polar surface area (TPSA) is 84.7 Å². The maximum Gasteiger partial charge on any atom is 0.248 e. The van der Waals surface area contributed by atoms with Crippen LogP contribution < -0.4 is 15.8 Å². The Kier molecular flexibility index (Phi) is 5.53. The van der Waals surface area contributed by atoms with Gasteiger partial charge >= 0.3 is 0 Å². The van der Waals surface area contributed by atoms with E-state index in [1.165, 1.54) is 5.56 Å². The fourth-order valence-electron chi connectivity index (χ4n) is 2.88. The third kappa shape index (κ3) is 4.61. The zero-order valence-corrected chi connectivity index (χ0v) is 14.8. The summed E-state index contributed by atoms with van der Waals surface area (Å²) in [6.45, 7) is 3.88. The van der Waals surface area contributed by atoms with E-state index in [0.717, 1.165) is 25.3 Å². The molecule has 1 aliphatic heterocycles. The Morgan fingerprint density at radius 2 is 1.92 bits per heavy atom. The molecule has 2 amide bonds. The van der Waals surface area contributed by atoms with E-state index in [1.54, 1.807) is 24.3 Å². The minimum atomic E-state index is -0.487. The number of amides is 2. The minimum Gasteiger partial charge on any atom is -0.488 e. The maximum absolute atomic E-state index is 12.1. The molecule has 0 bridgehead atoms. The van der Waals surface area contributed by atoms with Crippen LogP contribution in [0.4, 0.5) is 5.69 Å². The van der Waals surface area contributed by atoms with Gasteiger partial charge in [-0.2, -0.15) is 0 Å². The Balaban J connectivity index is 1.42. The summed E-state index contributed by atoms with van der Waals surface area (Å²) in [5, 5.41) is 2.81. The smallest absolute Gasteiger partial charge is 0.248 e. The number of primary amides is 1. The molecule has 26 heavy (non-hydrogen) atoms. The second kappa shape index (κ2) is 8.01. The molecule has 3 rings (SSSR count). The van der Waals surface area contributed by atoms with Gasteiger partial charge in [0.1, 0.15) is 11.9 Å². The van der Waals surface area contributed by atoms with Crippen molar-refractivity contribution in [1.82, 2.24) is 4.90 Å². The molecule has 6 heteroatoms. The Labute approximate surface area is 152 Å². The van der Waals surface area contributed by atoms with Gasteiger partial charge < -0.3 is 15.8 Å². The first-order valence-corrected chi connectivity index (χ1v) is 8.71. The molecule has 0 atom stereocenters. The number of anilines is 1. The van der Waals surface area contributed by atoms with Crippen LogP contribution in [0, 0.1) is 0 Å². The number of hydrogen-bond acceptors (Lipinski definition) is 4. The molecule has 0 saturated carbocycles. The Morgan fingerprint density at radius 3 is 2.58 bits per heavy atom. The molecule has 1 fully saturated rings. The van der Waals surface area contributed by atoms with Crippen LogP contribution in [0.3, 0.4) is 0 Å². The number of nitrogens with zero attached hydrogens (tertiary/aromatic N) is 1. The molecule has 1 saturated heterocycles. The number of likely N-dealkylation sites (tertiary alicyclic amines) is 1. The molecule has 0 aliphatic carbocycles. The molecule has 6 nitrogen and oxygen atoms in total. The first-order valence-electron chi connectivity index (χ1n) is 8.71. The number of ether oxygens (including phenoxy) is 1. The molecular weight excluding hydrogens is 330 g/mol. The van der Waals surface area contributed by atoms with Gasteiger partial charge in [-0.3, -0.25) is 14.5 Å². The van der Waals surface area contributed by atoms with Gasteiger partial charge in [0.25, 0.3) is 0 Å². The number of hydrogen-bond donors (Lipinski definition) is 2. The highest BCUT2D eigenvalue weighted by atomic mass is 16.5. The van der Waals surface area contributed by atoms with E-state index in [-0.39, 0.29) is 12.0 Å². The lowest BCUT2D eigenvalue weighted by molar-refractivity contribution is -0.119. The molecule has 3 N–H and O–H groups in total. The summed E-state index contributed by atoms with van der Waals surface area (Å²) < 4.78 is 5.94. The quantitative estimate of drug-likeness (QED) is 0.798. The van der Waals surface area contributed by atoms with E-state index in [1.807, 2.05) is 17.0 Å². The highest BCUT2D eigenvalue weighted by Crippen LogP contribution is 2.19. The Hall–Kier alpha value is -2.86. The van der Waals surface area contributed by atoms with Crippen LogP contribution >= 0.6 is 0 Å². The van der Waals surface area contributed by atoms with Crippen molar-refractivity contribution in [1.29, 1.82) is 0 Å². The molecule has 0 spiro atoms. The highest BCUT2D eigenvalue weighted by molar-refractivity contribution is 5.95. The molecular formula is C20H23N3O3. The summed E-state index contributed by atoms with van der Waals surface area (Å²) in [5.74, 6) is 0.301. The molecule has 2 aromatic carbocycles. The van der Waals surface area contributed by atoms with Crippen molar-refractivity contribution in [3.63, 3.8) is 0 Å². The lowest BCUT2D eigenvalue weighted by atomic mass is 10.1. The van der Waals surface area contributed by atoms with Gasteiger partial charge in [-0.25, -0.2) is 0 Å². The summed E-state index contributed by atoms with van der Waals surface area (Å²) in [4.78, 5) is 25.2. The zero-order chi connectivity index (χ0) is 18.5. The van der Waals surface area contributed by atoms with Gasteiger partial charge in [-0.05, 0) is 48.4 Å². The molecule has 1 heterocycles. The number of carbonyl (C=O) groups is 2. The van der Waals surface area contributed by atoms with Crippen LogP contribution in [-0.4, -0.2) is 42.5 Å². The van der Waals surface area contributed by atoms with Crippen LogP contribution in [0.5, 0.6) is 5.75 Å².